The van der Waals surface area contributed by atoms with Gasteiger partial charge >= 0.3 is 0 Å². The van der Waals surface area contributed by atoms with Gasteiger partial charge in [-0.05, 0) is 25.1 Å². The highest BCUT2D eigenvalue weighted by Gasteiger charge is 2.21. The van der Waals surface area contributed by atoms with E-state index in [2.05, 4.69) is 38.1 Å². The first kappa shape index (κ1) is 32.9. The van der Waals surface area contributed by atoms with Crippen LogP contribution in [0.2, 0.25) is 0 Å². The standard InChI is InChI=1S/C30H31ClN10O5/c1-16-21(38-26(42)17(2)31)12-34-25(16)30(46)37-20-11-24(41(5)15-20)29(45)36-19-10-23(40(4)14-19)28(44)35-18-9-22(39(3)13-18)27(43)33-8-6-7-32/h9-15,34H,2,6,8H2,1,3-5H3,(H,33,43)(H,35,44)(H,36,45)(H,37,46)(H,38,42). The van der Waals surface area contributed by atoms with Crippen molar-refractivity contribution in [3.8, 4) is 6.07 Å². The van der Waals surface area contributed by atoms with Gasteiger partial charge in [0.2, 0.25) is 0 Å². The van der Waals surface area contributed by atoms with Crippen LogP contribution in [-0.2, 0) is 25.9 Å². The van der Waals surface area contributed by atoms with E-state index in [1.54, 1.807) is 55.8 Å². The molecule has 0 atom stereocenters. The molecule has 4 aromatic heterocycles. The summed E-state index contributed by atoms with van der Waals surface area (Å²) in [7, 11) is 4.94. The Balaban J connectivity index is 1.39. The Hall–Kier alpha value is -6.01. The molecule has 238 valence electrons. The highest BCUT2D eigenvalue weighted by molar-refractivity contribution is 6.43. The third kappa shape index (κ3) is 7.37. The molecule has 0 aliphatic carbocycles. The zero-order valence-corrected chi connectivity index (χ0v) is 26.1. The van der Waals surface area contributed by atoms with Crippen molar-refractivity contribution in [2.75, 3.05) is 27.8 Å². The first-order valence-corrected chi connectivity index (χ1v) is 14.1. The summed E-state index contributed by atoms with van der Waals surface area (Å²) in [6.07, 6.45) is 6.35. The summed E-state index contributed by atoms with van der Waals surface area (Å²) in [4.78, 5) is 66.0. The Morgan fingerprint density at radius 1 is 0.804 bits per heavy atom. The van der Waals surface area contributed by atoms with Gasteiger partial charge in [-0.25, -0.2) is 0 Å². The molecule has 4 rings (SSSR count). The molecule has 16 heteroatoms. The molecule has 46 heavy (non-hydrogen) atoms. The Kier molecular flexibility index (Phi) is 9.83. The number of amides is 5. The van der Waals surface area contributed by atoms with E-state index in [1.807, 2.05) is 6.07 Å². The molecule has 0 aliphatic heterocycles. The number of aromatic amines is 1. The molecule has 0 aromatic carbocycles. The van der Waals surface area contributed by atoms with Gasteiger partial charge in [-0.3, -0.25) is 24.0 Å². The largest absolute Gasteiger partial charge is 0.355 e. The predicted molar refractivity (Wildman–Crippen MR) is 172 cm³/mol. The maximum Gasteiger partial charge on any atom is 0.272 e. The topological polar surface area (TPSA) is 200 Å². The second kappa shape index (κ2) is 13.7. The van der Waals surface area contributed by atoms with Crippen molar-refractivity contribution in [1.29, 1.82) is 5.26 Å². The average molecular weight is 647 g/mol. The van der Waals surface area contributed by atoms with Crippen LogP contribution in [0.1, 0.15) is 53.9 Å². The van der Waals surface area contributed by atoms with Crippen molar-refractivity contribution in [1.82, 2.24) is 24.0 Å². The van der Waals surface area contributed by atoms with Crippen LogP contribution in [0.15, 0.2) is 54.6 Å². The maximum atomic E-state index is 13.1. The summed E-state index contributed by atoms with van der Waals surface area (Å²) in [5, 5.41) is 21.9. The molecular weight excluding hydrogens is 616 g/mol. The number of H-pyrrole nitrogens is 1. The van der Waals surface area contributed by atoms with Gasteiger partial charge in [-0.2, -0.15) is 5.26 Å². The molecule has 0 radical (unpaired) electrons. The van der Waals surface area contributed by atoms with Crippen LogP contribution in [0.25, 0.3) is 0 Å². The molecule has 0 saturated heterocycles. The van der Waals surface area contributed by atoms with Gasteiger partial charge in [-0.1, -0.05) is 18.2 Å². The fourth-order valence-corrected chi connectivity index (χ4v) is 4.58. The molecule has 4 aromatic rings. The molecule has 0 saturated carbocycles. The fraction of sp³-hybridized carbons (Fsp3) is 0.200. The smallest absolute Gasteiger partial charge is 0.272 e. The number of nitrogens with one attached hydrogen (secondary N) is 6. The molecular formula is C30H31ClN10O5. The number of aromatic nitrogens is 4. The molecule has 4 heterocycles. The van der Waals surface area contributed by atoms with Crippen molar-refractivity contribution >= 4 is 63.9 Å². The Morgan fingerprint density at radius 2 is 1.26 bits per heavy atom. The monoisotopic (exact) mass is 646 g/mol. The van der Waals surface area contributed by atoms with E-state index in [-0.39, 0.29) is 41.0 Å². The van der Waals surface area contributed by atoms with E-state index < -0.39 is 23.6 Å². The van der Waals surface area contributed by atoms with Gasteiger partial charge < -0.3 is 45.3 Å². The zero-order valence-electron chi connectivity index (χ0n) is 25.4. The van der Waals surface area contributed by atoms with Crippen LogP contribution >= 0.6 is 11.6 Å². The molecule has 0 aliphatic rings. The van der Waals surface area contributed by atoms with E-state index in [0.29, 0.717) is 34.0 Å². The number of anilines is 4. The summed E-state index contributed by atoms with van der Waals surface area (Å²) < 4.78 is 4.63. The number of halogens is 1. The summed E-state index contributed by atoms with van der Waals surface area (Å²) in [6, 6.07) is 6.46. The summed E-state index contributed by atoms with van der Waals surface area (Å²) in [5.74, 6) is -2.42. The summed E-state index contributed by atoms with van der Waals surface area (Å²) >= 11 is 5.61. The van der Waals surface area contributed by atoms with Gasteiger partial charge in [0, 0.05) is 58.0 Å². The van der Waals surface area contributed by atoms with Crippen molar-refractivity contribution < 1.29 is 24.0 Å². The van der Waals surface area contributed by atoms with E-state index in [0.717, 1.165) is 0 Å². The van der Waals surface area contributed by atoms with E-state index in [9.17, 15) is 24.0 Å². The molecule has 0 unspecified atom stereocenters. The predicted octanol–water partition coefficient (Wildman–Crippen LogP) is 3.43. The first-order valence-electron chi connectivity index (χ1n) is 13.7. The number of rotatable bonds is 11. The van der Waals surface area contributed by atoms with Gasteiger partial charge in [0.1, 0.15) is 22.8 Å². The highest BCUT2D eigenvalue weighted by atomic mass is 35.5. The van der Waals surface area contributed by atoms with Crippen molar-refractivity contribution in [2.45, 2.75) is 13.3 Å². The summed E-state index contributed by atoms with van der Waals surface area (Å²) in [5.41, 5.74) is 2.91. The van der Waals surface area contributed by atoms with Crippen LogP contribution in [0.4, 0.5) is 22.7 Å². The van der Waals surface area contributed by atoms with Crippen LogP contribution in [0, 0.1) is 18.3 Å². The third-order valence-corrected chi connectivity index (χ3v) is 7.04. The Labute approximate surface area is 268 Å². The van der Waals surface area contributed by atoms with Crippen LogP contribution < -0.4 is 26.6 Å². The lowest BCUT2D eigenvalue weighted by atomic mass is 10.2. The first-order chi connectivity index (χ1) is 21.8. The molecule has 6 N–H and O–H groups in total. The van der Waals surface area contributed by atoms with Crippen LogP contribution in [0.3, 0.4) is 0 Å². The Morgan fingerprint density at radius 3 is 1.72 bits per heavy atom. The quantitative estimate of drug-likeness (QED) is 0.106. The van der Waals surface area contributed by atoms with E-state index in [4.69, 9.17) is 16.9 Å². The Bertz CT molecular complexity index is 1920. The molecule has 5 amide bonds. The second-order valence-corrected chi connectivity index (χ2v) is 10.7. The fourth-order valence-electron chi connectivity index (χ4n) is 4.53. The van der Waals surface area contributed by atoms with Gasteiger partial charge in [-0.15, -0.1) is 0 Å². The van der Waals surface area contributed by atoms with Crippen molar-refractivity contribution in [3.63, 3.8) is 0 Å². The van der Waals surface area contributed by atoms with Crippen LogP contribution in [0.5, 0.6) is 0 Å². The number of carbonyl (C=O) groups excluding carboxylic acids is 5. The minimum absolute atomic E-state index is 0.180. The molecule has 0 spiro atoms. The van der Waals surface area contributed by atoms with E-state index >= 15 is 0 Å². The molecule has 0 fully saturated rings. The molecule has 15 nitrogen and oxygen atoms in total. The number of carbonyl (C=O) groups is 5. The number of nitriles is 1. The highest BCUT2D eigenvalue weighted by Crippen LogP contribution is 2.23. The third-order valence-electron chi connectivity index (χ3n) is 6.87. The number of aryl methyl sites for hydroxylation is 3. The SMILES string of the molecule is C=C(Cl)C(=O)Nc1c[nH]c(C(=O)Nc2cc(C(=O)Nc3cc(C(=O)Nc4cc(C(=O)NCCC#N)n(C)c4)n(C)c3)n(C)c2)c1C. The maximum absolute atomic E-state index is 13.1. The number of nitrogens with zero attached hydrogens (tertiary/aromatic N) is 4. The van der Waals surface area contributed by atoms with Gasteiger partial charge in [0.15, 0.2) is 0 Å². The normalized spacial score (nSPS) is 10.5. The lowest BCUT2D eigenvalue weighted by Crippen LogP contribution is -2.25. The second-order valence-electron chi connectivity index (χ2n) is 10.3. The minimum Gasteiger partial charge on any atom is -0.355 e. The van der Waals surface area contributed by atoms with Crippen LogP contribution in [-0.4, -0.2) is 54.8 Å². The van der Waals surface area contributed by atoms with Crippen molar-refractivity contribution in [3.05, 3.63) is 82.9 Å². The molecule has 0 bridgehead atoms. The lowest BCUT2D eigenvalue weighted by molar-refractivity contribution is -0.112. The van der Waals surface area contributed by atoms with Gasteiger partial charge in [0.25, 0.3) is 29.5 Å². The van der Waals surface area contributed by atoms with E-state index in [1.165, 1.54) is 29.0 Å². The number of hydrogen-bond donors (Lipinski definition) is 6. The average Bonchev–Trinajstić information content (AvgIpc) is 3.74. The lowest BCUT2D eigenvalue weighted by Gasteiger charge is -2.04. The summed E-state index contributed by atoms with van der Waals surface area (Å²) in [6.45, 7) is 5.22. The zero-order chi connectivity index (χ0) is 33.7. The van der Waals surface area contributed by atoms with Gasteiger partial charge in [0.05, 0.1) is 40.3 Å². The minimum atomic E-state index is -0.596. The van der Waals surface area contributed by atoms with Crippen molar-refractivity contribution in [2.24, 2.45) is 21.1 Å². The number of hydrogen-bond acceptors (Lipinski definition) is 6.